The van der Waals surface area contributed by atoms with Gasteiger partial charge in [0.2, 0.25) is 0 Å². The molecule has 22 heavy (non-hydrogen) atoms. The van der Waals surface area contributed by atoms with Gasteiger partial charge in [0.05, 0.1) is 11.5 Å². The van der Waals surface area contributed by atoms with E-state index in [0.29, 0.717) is 12.2 Å². The van der Waals surface area contributed by atoms with Crippen LogP contribution in [0.4, 0.5) is 0 Å². The summed E-state index contributed by atoms with van der Waals surface area (Å²) in [4.78, 5) is 13.8. The van der Waals surface area contributed by atoms with Gasteiger partial charge in [-0.25, -0.2) is 8.42 Å². The van der Waals surface area contributed by atoms with Crippen LogP contribution in [0.2, 0.25) is 0 Å². The molecule has 3 rings (SSSR count). The maximum absolute atomic E-state index is 12.4. The quantitative estimate of drug-likeness (QED) is 0.858. The van der Waals surface area contributed by atoms with Gasteiger partial charge in [0.1, 0.15) is 0 Å². The lowest BCUT2D eigenvalue weighted by molar-refractivity contribution is 0.0737. The maximum Gasteiger partial charge on any atom is 0.276 e. The van der Waals surface area contributed by atoms with Crippen molar-refractivity contribution in [2.75, 3.05) is 18.6 Å². The van der Waals surface area contributed by atoms with Gasteiger partial charge in [-0.3, -0.25) is 4.79 Å². The highest BCUT2D eigenvalue weighted by Gasteiger charge is 2.33. The van der Waals surface area contributed by atoms with E-state index in [2.05, 4.69) is 5.16 Å². The van der Waals surface area contributed by atoms with Crippen molar-refractivity contribution in [1.29, 1.82) is 0 Å². The molecule has 1 amide bonds. The molecule has 2 heterocycles. The Balaban J connectivity index is 1.77. The van der Waals surface area contributed by atoms with Crippen molar-refractivity contribution in [3.63, 3.8) is 0 Å². The van der Waals surface area contributed by atoms with Crippen molar-refractivity contribution in [3.05, 3.63) is 42.1 Å². The first kappa shape index (κ1) is 14.8. The molecule has 1 atom stereocenters. The first-order valence-corrected chi connectivity index (χ1v) is 8.78. The second-order valence-corrected chi connectivity index (χ2v) is 7.64. The van der Waals surface area contributed by atoms with E-state index < -0.39 is 9.84 Å². The largest absolute Gasteiger partial charge is 0.355 e. The summed E-state index contributed by atoms with van der Waals surface area (Å²) in [5.41, 5.74) is 1.02. The van der Waals surface area contributed by atoms with Crippen LogP contribution in [0.15, 0.2) is 40.9 Å². The summed E-state index contributed by atoms with van der Waals surface area (Å²) in [5, 5.41) is 3.81. The lowest BCUT2D eigenvalue weighted by Crippen LogP contribution is -2.37. The molecule has 2 aromatic rings. The highest BCUT2D eigenvalue weighted by Crippen LogP contribution is 2.22. The summed E-state index contributed by atoms with van der Waals surface area (Å²) < 4.78 is 28.3. The Morgan fingerprint density at radius 3 is 2.68 bits per heavy atom. The number of benzene rings is 1. The van der Waals surface area contributed by atoms with E-state index in [9.17, 15) is 13.2 Å². The molecule has 0 bridgehead atoms. The minimum atomic E-state index is -3.03. The van der Waals surface area contributed by atoms with E-state index in [0.717, 1.165) is 5.56 Å². The Hall–Kier alpha value is -2.15. The number of amides is 1. The average molecular weight is 320 g/mol. The zero-order valence-electron chi connectivity index (χ0n) is 12.1. The number of nitrogens with zero attached hydrogens (tertiary/aromatic N) is 2. The molecule has 1 aliphatic heterocycles. The number of aromatic nitrogens is 1. The first-order valence-electron chi connectivity index (χ1n) is 6.96. The second kappa shape index (κ2) is 5.57. The summed E-state index contributed by atoms with van der Waals surface area (Å²) in [6.07, 6.45) is 0.466. The number of carbonyl (C=O) groups excluding carboxylic acids is 1. The van der Waals surface area contributed by atoms with Gasteiger partial charge < -0.3 is 9.42 Å². The molecule has 1 aliphatic rings. The van der Waals surface area contributed by atoms with Crippen LogP contribution in [0, 0.1) is 0 Å². The Morgan fingerprint density at radius 1 is 1.32 bits per heavy atom. The molecule has 7 heteroatoms. The van der Waals surface area contributed by atoms with E-state index in [1.807, 2.05) is 30.3 Å². The zero-order valence-corrected chi connectivity index (χ0v) is 12.9. The predicted octanol–water partition coefficient (Wildman–Crippen LogP) is 1.60. The molecular formula is C15H16N2O4S. The highest BCUT2D eigenvalue weighted by molar-refractivity contribution is 7.91. The fraction of sp³-hybridized carbons (Fsp3) is 0.333. The smallest absolute Gasteiger partial charge is 0.276 e. The monoisotopic (exact) mass is 320 g/mol. The van der Waals surface area contributed by atoms with Crippen molar-refractivity contribution in [1.82, 2.24) is 10.1 Å². The Kier molecular flexibility index (Phi) is 3.74. The van der Waals surface area contributed by atoms with Gasteiger partial charge >= 0.3 is 0 Å². The summed E-state index contributed by atoms with van der Waals surface area (Å²) >= 11 is 0. The molecule has 116 valence electrons. The summed E-state index contributed by atoms with van der Waals surface area (Å²) in [5.74, 6) is 0.326. The molecule has 1 fully saturated rings. The van der Waals surface area contributed by atoms with Crippen molar-refractivity contribution >= 4 is 15.7 Å². The normalized spacial score (nSPS) is 20.0. The van der Waals surface area contributed by atoms with Crippen LogP contribution < -0.4 is 0 Å². The van der Waals surface area contributed by atoms with E-state index in [1.54, 1.807) is 13.1 Å². The third-order valence-electron chi connectivity index (χ3n) is 3.86. The van der Waals surface area contributed by atoms with E-state index in [-0.39, 0.29) is 29.1 Å². The molecule has 0 N–H and O–H groups in total. The van der Waals surface area contributed by atoms with Gasteiger partial charge in [-0.1, -0.05) is 35.5 Å². The summed E-state index contributed by atoms with van der Waals surface area (Å²) in [7, 11) is -1.43. The van der Waals surface area contributed by atoms with Gasteiger partial charge in [0.25, 0.3) is 5.91 Å². The SMILES string of the molecule is CN(C(=O)c1cc(-c2ccccc2)on1)[C@@H]1CCS(=O)(=O)C1. The van der Waals surface area contributed by atoms with Crippen LogP contribution in [-0.2, 0) is 9.84 Å². The molecule has 1 saturated heterocycles. The molecule has 0 unspecified atom stereocenters. The fourth-order valence-electron chi connectivity index (χ4n) is 2.54. The molecule has 0 radical (unpaired) electrons. The van der Waals surface area contributed by atoms with Gasteiger partial charge in [-0.2, -0.15) is 0 Å². The standard InChI is InChI=1S/C15H16N2O4S/c1-17(12-7-8-22(19,20)10-12)15(18)13-9-14(21-16-13)11-5-3-2-4-6-11/h2-6,9,12H,7-8,10H2,1H3/t12-/m1/s1. The second-order valence-electron chi connectivity index (χ2n) is 5.42. The molecule has 1 aromatic heterocycles. The molecule has 0 aliphatic carbocycles. The van der Waals surface area contributed by atoms with Crippen LogP contribution in [0.5, 0.6) is 0 Å². The van der Waals surface area contributed by atoms with E-state index >= 15 is 0 Å². The predicted molar refractivity (Wildman–Crippen MR) is 81.1 cm³/mol. The summed E-state index contributed by atoms with van der Waals surface area (Å²) in [6.45, 7) is 0. The lowest BCUT2D eigenvalue weighted by atomic mass is 10.1. The third kappa shape index (κ3) is 2.89. The van der Waals surface area contributed by atoms with Crippen LogP contribution >= 0.6 is 0 Å². The van der Waals surface area contributed by atoms with Gasteiger partial charge in [0.15, 0.2) is 21.3 Å². The number of hydrogen-bond donors (Lipinski definition) is 0. The van der Waals surface area contributed by atoms with Gasteiger partial charge in [-0.15, -0.1) is 0 Å². The number of hydrogen-bond acceptors (Lipinski definition) is 5. The van der Waals surface area contributed by atoms with E-state index in [1.165, 1.54) is 4.90 Å². The van der Waals surface area contributed by atoms with Crippen molar-refractivity contribution in [2.45, 2.75) is 12.5 Å². The van der Waals surface area contributed by atoms with Crippen LogP contribution in [0.3, 0.4) is 0 Å². The van der Waals surface area contributed by atoms with Crippen molar-refractivity contribution in [2.24, 2.45) is 0 Å². The number of rotatable bonds is 3. The highest BCUT2D eigenvalue weighted by atomic mass is 32.2. The Labute approximate surface area is 128 Å². The Bertz CT molecular complexity index is 783. The number of carbonyl (C=O) groups is 1. The minimum Gasteiger partial charge on any atom is -0.355 e. The minimum absolute atomic E-state index is 0.0125. The van der Waals surface area contributed by atoms with E-state index in [4.69, 9.17) is 4.52 Å². The first-order chi connectivity index (χ1) is 10.5. The van der Waals surface area contributed by atoms with Gasteiger partial charge in [0, 0.05) is 24.7 Å². The lowest BCUT2D eigenvalue weighted by Gasteiger charge is -2.21. The van der Waals surface area contributed by atoms with Crippen LogP contribution in [0.25, 0.3) is 11.3 Å². The van der Waals surface area contributed by atoms with Crippen molar-refractivity contribution < 1.29 is 17.7 Å². The molecule has 0 spiro atoms. The van der Waals surface area contributed by atoms with Crippen molar-refractivity contribution in [3.8, 4) is 11.3 Å². The van der Waals surface area contributed by atoms with Gasteiger partial charge in [-0.05, 0) is 6.42 Å². The molecule has 0 saturated carbocycles. The third-order valence-corrected chi connectivity index (χ3v) is 5.61. The molecular weight excluding hydrogens is 304 g/mol. The Morgan fingerprint density at radius 2 is 2.05 bits per heavy atom. The molecule has 6 nitrogen and oxygen atoms in total. The summed E-state index contributed by atoms with van der Waals surface area (Å²) in [6, 6.07) is 10.6. The number of sulfone groups is 1. The van der Waals surface area contributed by atoms with Crippen LogP contribution in [0.1, 0.15) is 16.9 Å². The molecule has 1 aromatic carbocycles. The van der Waals surface area contributed by atoms with Crippen LogP contribution in [-0.4, -0.2) is 49.0 Å². The zero-order chi connectivity index (χ0) is 15.7. The average Bonchev–Trinajstić information content (AvgIpc) is 3.13. The fourth-order valence-corrected chi connectivity index (χ4v) is 4.32. The topological polar surface area (TPSA) is 80.5 Å². The maximum atomic E-state index is 12.4.